The first kappa shape index (κ1) is 11.5. The van der Waals surface area contributed by atoms with E-state index in [1.165, 1.54) is 0 Å². The molecule has 0 aliphatic rings. The lowest BCUT2D eigenvalue weighted by Crippen LogP contribution is -2.26. The summed E-state index contributed by atoms with van der Waals surface area (Å²) in [6, 6.07) is 5.75. The highest BCUT2D eigenvalue weighted by Crippen LogP contribution is 2.25. The minimum absolute atomic E-state index is 0.0446. The van der Waals surface area contributed by atoms with Crippen LogP contribution >= 0.6 is 31.9 Å². The molecular formula is C9H10Br2N2O. The van der Waals surface area contributed by atoms with Crippen molar-refractivity contribution in [1.82, 2.24) is 5.32 Å². The molecule has 0 atom stereocenters. The van der Waals surface area contributed by atoms with E-state index in [-0.39, 0.29) is 12.5 Å². The second-order valence-corrected chi connectivity index (χ2v) is 4.42. The number of rotatable bonds is 3. The molecule has 76 valence electrons. The van der Waals surface area contributed by atoms with Crippen LogP contribution in [-0.2, 0) is 4.79 Å². The molecule has 0 spiro atoms. The van der Waals surface area contributed by atoms with Crippen LogP contribution in [0.4, 0.5) is 5.69 Å². The summed E-state index contributed by atoms with van der Waals surface area (Å²) in [6.07, 6.45) is 0. The third-order valence-corrected chi connectivity index (χ3v) is 2.83. The number of nitrogens with one attached hydrogen (secondary N) is 2. The summed E-state index contributed by atoms with van der Waals surface area (Å²) in [6.45, 7) is 0.269. The zero-order valence-corrected chi connectivity index (χ0v) is 10.8. The fourth-order valence-corrected chi connectivity index (χ4v) is 1.64. The molecule has 0 saturated heterocycles. The van der Waals surface area contributed by atoms with Gasteiger partial charge in [0.05, 0.1) is 6.54 Å². The van der Waals surface area contributed by atoms with Gasteiger partial charge >= 0.3 is 0 Å². The Kier molecular flexibility index (Phi) is 4.41. The summed E-state index contributed by atoms with van der Waals surface area (Å²) in [5.74, 6) is -0.0446. The van der Waals surface area contributed by atoms with Gasteiger partial charge in [0, 0.05) is 21.7 Å². The number of carbonyl (C=O) groups is 1. The Morgan fingerprint density at radius 2 is 2.14 bits per heavy atom. The standard InChI is InChI=1S/C9H10Br2N2O/c1-12-9(14)5-13-8-4-6(10)2-3-7(8)11/h2-4,13H,5H2,1H3,(H,12,14). The summed E-state index contributed by atoms with van der Waals surface area (Å²) in [4.78, 5) is 11.0. The van der Waals surface area contributed by atoms with Crippen molar-refractivity contribution >= 4 is 43.5 Å². The monoisotopic (exact) mass is 320 g/mol. The van der Waals surface area contributed by atoms with Crippen LogP contribution in [0.2, 0.25) is 0 Å². The molecule has 0 fully saturated rings. The van der Waals surface area contributed by atoms with Gasteiger partial charge in [0.25, 0.3) is 0 Å². The Labute approximate surface area is 99.5 Å². The van der Waals surface area contributed by atoms with E-state index >= 15 is 0 Å². The van der Waals surface area contributed by atoms with E-state index in [9.17, 15) is 4.79 Å². The zero-order chi connectivity index (χ0) is 10.6. The van der Waals surface area contributed by atoms with E-state index in [2.05, 4.69) is 42.5 Å². The maximum Gasteiger partial charge on any atom is 0.239 e. The maximum atomic E-state index is 11.0. The van der Waals surface area contributed by atoms with E-state index in [0.717, 1.165) is 14.6 Å². The van der Waals surface area contributed by atoms with Gasteiger partial charge in [-0.15, -0.1) is 0 Å². The Morgan fingerprint density at radius 3 is 2.79 bits per heavy atom. The maximum absolute atomic E-state index is 11.0. The van der Waals surface area contributed by atoms with E-state index in [0.29, 0.717) is 0 Å². The quantitative estimate of drug-likeness (QED) is 0.897. The van der Waals surface area contributed by atoms with Crippen LogP contribution in [0.5, 0.6) is 0 Å². The highest BCUT2D eigenvalue weighted by molar-refractivity contribution is 9.11. The van der Waals surface area contributed by atoms with Gasteiger partial charge in [-0.05, 0) is 34.1 Å². The van der Waals surface area contributed by atoms with Crippen LogP contribution in [0, 0.1) is 0 Å². The molecular weight excluding hydrogens is 312 g/mol. The Balaban J connectivity index is 2.66. The Hall–Kier alpha value is -0.550. The summed E-state index contributed by atoms with van der Waals surface area (Å²) in [5.41, 5.74) is 0.892. The second kappa shape index (κ2) is 5.36. The van der Waals surface area contributed by atoms with E-state index in [1.54, 1.807) is 7.05 Å². The summed E-state index contributed by atoms with van der Waals surface area (Å²) in [7, 11) is 1.61. The predicted octanol–water partition coefficient (Wildman–Crippen LogP) is 2.37. The highest BCUT2D eigenvalue weighted by Gasteiger charge is 2.02. The van der Waals surface area contributed by atoms with Crippen LogP contribution in [0.25, 0.3) is 0 Å². The number of amides is 1. The molecule has 0 bridgehead atoms. The molecule has 1 rings (SSSR count). The molecule has 14 heavy (non-hydrogen) atoms. The van der Waals surface area contributed by atoms with Crippen molar-refractivity contribution in [3.05, 3.63) is 27.1 Å². The third kappa shape index (κ3) is 3.31. The smallest absolute Gasteiger partial charge is 0.239 e. The fraction of sp³-hybridized carbons (Fsp3) is 0.222. The van der Waals surface area contributed by atoms with Crippen LogP contribution in [0.1, 0.15) is 0 Å². The van der Waals surface area contributed by atoms with Crippen molar-refractivity contribution in [1.29, 1.82) is 0 Å². The minimum atomic E-state index is -0.0446. The lowest BCUT2D eigenvalue weighted by molar-refractivity contribution is -0.118. The van der Waals surface area contributed by atoms with Crippen LogP contribution in [-0.4, -0.2) is 19.5 Å². The Bertz CT molecular complexity index is 342. The average Bonchev–Trinajstić information content (AvgIpc) is 2.19. The molecule has 3 nitrogen and oxygen atoms in total. The molecule has 2 N–H and O–H groups in total. The first-order valence-electron chi connectivity index (χ1n) is 4.03. The number of carbonyl (C=O) groups excluding carboxylic acids is 1. The topological polar surface area (TPSA) is 41.1 Å². The predicted molar refractivity (Wildman–Crippen MR) is 64.4 cm³/mol. The van der Waals surface area contributed by atoms with Crippen LogP contribution in [0.15, 0.2) is 27.1 Å². The van der Waals surface area contributed by atoms with Crippen LogP contribution < -0.4 is 10.6 Å². The van der Waals surface area contributed by atoms with Gasteiger partial charge in [0.15, 0.2) is 0 Å². The molecule has 0 aliphatic carbocycles. The lowest BCUT2D eigenvalue weighted by atomic mass is 10.3. The van der Waals surface area contributed by atoms with Gasteiger partial charge in [-0.2, -0.15) is 0 Å². The number of hydrogen-bond donors (Lipinski definition) is 2. The molecule has 0 saturated carbocycles. The molecule has 5 heteroatoms. The lowest BCUT2D eigenvalue weighted by Gasteiger charge is -2.07. The summed E-state index contributed by atoms with van der Waals surface area (Å²) in [5, 5.41) is 5.56. The number of likely N-dealkylation sites (N-methyl/N-ethyl adjacent to an activating group) is 1. The van der Waals surface area contributed by atoms with Crippen molar-refractivity contribution in [3.8, 4) is 0 Å². The van der Waals surface area contributed by atoms with Gasteiger partial charge in [0.2, 0.25) is 5.91 Å². The molecule has 1 aromatic rings. The van der Waals surface area contributed by atoms with Gasteiger partial charge < -0.3 is 10.6 Å². The van der Waals surface area contributed by atoms with Gasteiger partial charge in [0.1, 0.15) is 0 Å². The molecule has 0 aromatic heterocycles. The van der Waals surface area contributed by atoms with E-state index < -0.39 is 0 Å². The van der Waals surface area contributed by atoms with Crippen molar-refractivity contribution in [2.45, 2.75) is 0 Å². The SMILES string of the molecule is CNC(=O)CNc1cc(Br)ccc1Br. The summed E-state index contributed by atoms with van der Waals surface area (Å²) >= 11 is 6.75. The Morgan fingerprint density at radius 1 is 1.43 bits per heavy atom. The summed E-state index contributed by atoms with van der Waals surface area (Å²) < 4.78 is 1.91. The first-order chi connectivity index (χ1) is 6.63. The molecule has 0 aliphatic heterocycles. The van der Waals surface area contributed by atoms with E-state index in [4.69, 9.17) is 0 Å². The molecule has 0 heterocycles. The fourth-order valence-electron chi connectivity index (χ4n) is 0.897. The number of halogens is 2. The van der Waals surface area contributed by atoms with Crippen molar-refractivity contribution in [2.75, 3.05) is 18.9 Å². The van der Waals surface area contributed by atoms with E-state index in [1.807, 2.05) is 18.2 Å². The molecule has 0 unspecified atom stereocenters. The average molecular weight is 322 g/mol. The minimum Gasteiger partial charge on any atom is -0.375 e. The normalized spacial score (nSPS) is 9.64. The molecule has 0 radical (unpaired) electrons. The third-order valence-electron chi connectivity index (χ3n) is 1.65. The number of hydrogen-bond acceptors (Lipinski definition) is 2. The van der Waals surface area contributed by atoms with Crippen molar-refractivity contribution in [2.24, 2.45) is 0 Å². The van der Waals surface area contributed by atoms with Gasteiger partial charge in [-0.1, -0.05) is 15.9 Å². The molecule has 1 aromatic carbocycles. The number of anilines is 1. The largest absolute Gasteiger partial charge is 0.375 e. The molecule has 1 amide bonds. The van der Waals surface area contributed by atoms with Crippen molar-refractivity contribution < 1.29 is 4.79 Å². The van der Waals surface area contributed by atoms with Gasteiger partial charge in [-0.25, -0.2) is 0 Å². The zero-order valence-electron chi connectivity index (χ0n) is 7.60. The van der Waals surface area contributed by atoms with Crippen LogP contribution in [0.3, 0.4) is 0 Å². The number of benzene rings is 1. The van der Waals surface area contributed by atoms with Gasteiger partial charge in [-0.3, -0.25) is 4.79 Å². The van der Waals surface area contributed by atoms with Crippen molar-refractivity contribution in [3.63, 3.8) is 0 Å². The first-order valence-corrected chi connectivity index (χ1v) is 5.61. The highest BCUT2D eigenvalue weighted by atomic mass is 79.9. The second-order valence-electron chi connectivity index (χ2n) is 2.65.